The Bertz CT molecular complexity index is 596. The second-order valence-electron chi connectivity index (χ2n) is 6.79. The van der Waals surface area contributed by atoms with Crippen LogP contribution in [-0.2, 0) is 16.1 Å². The van der Waals surface area contributed by atoms with Gasteiger partial charge < -0.3 is 16.4 Å². The molecule has 6 nitrogen and oxygen atoms in total. The number of anilines is 1. The van der Waals surface area contributed by atoms with Crippen molar-refractivity contribution in [2.45, 2.75) is 38.3 Å². The molecule has 2 fully saturated rings. The summed E-state index contributed by atoms with van der Waals surface area (Å²) in [5.41, 5.74) is 7.40. The molecule has 1 unspecified atom stereocenters. The van der Waals surface area contributed by atoms with Gasteiger partial charge in [0.1, 0.15) is 0 Å². The summed E-state index contributed by atoms with van der Waals surface area (Å²) in [5.74, 6) is -0.113. The van der Waals surface area contributed by atoms with Crippen LogP contribution in [0.25, 0.3) is 0 Å². The lowest BCUT2D eigenvalue weighted by molar-refractivity contribution is -0.123. The summed E-state index contributed by atoms with van der Waals surface area (Å²) in [6.45, 7) is 3.52. The van der Waals surface area contributed by atoms with Crippen LogP contribution in [-0.4, -0.2) is 42.4 Å². The minimum Gasteiger partial charge on any atom is -0.369 e. The Labute approximate surface area is 154 Å². The van der Waals surface area contributed by atoms with E-state index in [-0.39, 0.29) is 36.2 Å². The molecule has 138 valence electrons. The normalized spacial score (nSPS) is 21.5. The average Bonchev–Trinajstić information content (AvgIpc) is 3.10. The number of nitrogens with zero attached hydrogens (tertiary/aromatic N) is 1. The predicted octanol–water partition coefficient (Wildman–Crippen LogP) is 1.50. The van der Waals surface area contributed by atoms with E-state index < -0.39 is 0 Å². The van der Waals surface area contributed by atoms with Gasteiger partial charge in [-0.25, -0.2) is 0 Å². The van der Waals surface area contributed by atoms with Gasteiger partial charge in [-0.2, -0.15) is 0 Å². The molecular weight excluding hydrogens is 340 g/mol. The van der Waals surface area contributed by atoms with Crippen molar-refractivity contribution in [3.8, 4) is 0 Å². The van der Waals surface area contributed by atoms with Gasteiger partial charge in [-0.1, -0.05) is 12.1 Å². The molecule has 2 aliphatic heterocycles. The Balaban J connectivity index is 0.00000225. The van der Waals surface area contributed by atoms with Crippen molar-refractivity contribution < 1.29 is 9.59 Å². The molecule has 0 aromatic heterocycles. The Morgan fingerprint density at radius 2 is 2.00 bits per heavy atom. The van der Waals surface area contributed by atoms with Crippen molar-refractivity contribution in [2.24, 2.45) is 11.7 Å². The fourth-order valence-corrected chi connectivity index (χ4v) is 3.52. The number of rotatable bonds is 5. The number of halogens is 1. The van der Waals surface area contributed by atoms with Gasteiger partial charge in [0.05, 0.1) is 6.04 Å². The first kappa shape index (κ1) is 19.7. The standard InChI is InChI=1S/C18H26N4O2.ClH/c19-17(23)14-6-9-22(10-7-14)12-13-3-1-4-15(11-13)21-18(24)16-5-2-8-20-16;/h1,3-4,11,14,16,20H,2,5-10,12H2,(H2,19,23)(H,21,24);1H. The lowest BCUT2D eigenvalue weighted by atomic mass is 9.96. The first-order valence-corrected chi connectivity index (χ1v) is 8.76. The number of carbonyl (C=O) groups excluding carboxylic acids is 2. The molecule has 0 radical (unpaired) electrons. The van der Waals surface area contributed by atoms with Crippen LogP contribution in [0.3, 0.4) is 0 Å². The summed E-state index contributed by atoms with van der Waals surface area (Å²) in [7, 11) is 0. The highest BCUT2D eigenvalue weighted by Gasteiger charge is 2.24. The number of nitrogens with one attached hydrogen (secondary N) is 2. The highest BCUT2D eigenvalue weighted by atomic mass is 35.5. The highest BCUT2D eigenvalue weighted by molar-refractivity contribution is 5.95. The van der Waals surface area contributed by atoms with Crippen LogP contribution in [0.1, 0.15) is 31.2 Å². The van der Waals surface area contributed by atoms with Crippen LogP contribution in [0, 0.1) is 5.92 Å². The minimum absolute atomic E-state index is 0. The van der Waals surface area contributed by atoms with Crippen molar-refractivity contribution in [1.29, 1.82) is 0 Å². The lowest BCUT2D eigenvalue weighted by Gasteiger charge is -2.30. The molecule has 3 rings (SSSR count). The van der Waals surface area contributed by atoms with Gasteiger partial charge in [0.15, 0.2) is 0 Å². The summed E-state index contributed by atoms with van der Waals surface area (Å²) in [6, 6.07) is 7.94. The Morgan fingerprint density at radius 3 is 2.64 bits per heavy atom. The molecule has 25 heavy (non-hydrogen) atoms. The zero-order chi connectivity index (χ0) is 16.9. The van der Waals surface area contributed by atoms with Gasteiger partial charge in [0.25, 0.3) is 0 Å². The summed E-state index contributed by atoms with van der Waals surface area (Å²) in [6.07, 6.45) is 3.62. The first-order valence-electron chi connectivity index (χ1n) is 8.76. The number of benzene rings is 1. The molecule has 1 aromatic rings. The quantitative estimate of drug-likeness (QED) is 0.736. The van der Waals surface area contributed by atoms with Crippen molar-refractivity contribution >= 4 is 29.9 Å². The number of hydrogen-bond donors (Lipinski definition) is 3. The number of nitrogens with two attached hydrogens (primary N) is 1. The molecule has 2 heterocycles. The summed E-state index contributed by atoms with van der Waals surface area (Å²) in [5, 5.41) is 6.21. The molecule has 0 bridgehead atoms. The summed E-state index contributed by atoms with van der Waals surface area (Å²) < 4.78 is 0. The third kappa shape index (κ3) is 5.42. The fourth-order valence-electron chi connectivity index (χ4n) is 3.52. The van der Waals surface area contributed by atoms with Crippen LogP contribution >= 0.6 is 12.4 Å². The number of hydrogen-bond acceptors (Lipinski definition) is 4. The minimum atomic E-state index is -0.181. The van der Waals surface area contributed by atoms with Gasteiger partial charge in [-0.05, 0) is 63.0 Å². The van der Waals surface area contributed by atoms with Crippen LogP contribution in [0.2, 0.25) is 0 Å². The van der Waals surface area contributed by atoms with Gasteiger partial charge in [-0.15, -0.1) is 12.4 Å². The van der Waals surface area contributed by atoms with Gasteiger partial charge in [0, 0.05) is 18.2 Å². The van der Waals surface area contributed by atoms with E-state index in [9.17, 15) is 9.59 Å². The average molecular weight is 367 g/mol. The Kier molecular flexibility index (Phi) is 7.23. The molecule has 1 atom stereocenters. The van der Waals surface area contributed by atoms with Crippen molar-refractivity contribution in [1.82, 2.24) is 10.2 Å². The van der Waals surface area contributed by atoms with E-state index in [1.807, 2.05) is 18.2 Å². The van der Waals surface area contributed by atoms with Gasteiger partial charge in [-0.3, -0.25) is 14.5 Å². The van der Waals surface area contributed by atoms with Crippen molar-refractivity contribution in [2.75, 3.05) is 25.0 Å². The number of carbonyl (C=O) groups is 2. The lowest BCUT2D eigenvalue weighted by Crippen LogP contribution is -2.38. The molecule has 0 saturated carbocycles. The van der Waals surface area contributed by atoms with E-state index in [0.29, 0.717) is 0 Å². The van der Waals surface area contributed by atoms with Gasteiger partial charge in [0.2, 0.25) is 11.8 Å². The number of amides is 2. The van der Waals surface area contributed by atoms with E-state index >= 15 is 0 Å². The van der Waals surface area contributed by atoms with E-state index in [4.69, 9.17) is 5.73 Å². The van der Waals surface area contributed by atoms with E-state index in [2.05, 4.69) is 21.6 Å². The molecule has 7 heteroatoms. The molecule has 0 spiro atoms. The molecule has 0 aliphatic carbocycles. The zero-order valence-electron chi connectivity index (χ0n) is 14.4. The number of piperidine rings is 1. The predicted molar refractivity (Wildman–Crippen MR) is 101 cm³/mol. The maximum absolute atomic E-state index is 12.2. The smallest absolute Gasteiger partial charge is 0.241 e. The Hall–Kier alpha value is -1.63. The van der Waals surface area contributed by atoms with Crippen molar-refractivity contribution in [3.05, 3.63) is 29.8 Å². The van der Waals surface area contributed by atoms with Crippen molar-refractivity contribution in [3.63, 3.8) is 0 Å². The maximum Gasteiger partial charge on any atom is 0.241 e. The van der Waals surface area contributed by atoms with Gasteiger partial charge >= 0.3 is 0 Å². The third-order valence-corrected chi connectivity index (χ3v) is 4.97. The monoisotopic (exact) mass is 366 g/mol. The molecule has 2 saturated heterocycles. The third-order valence-electron chi connectivity index (χ3n) is 4.97. The molecule has 1 aromatic carbocycles. The van der Waals surface area contributed by atoms with Crippen LogP contribution in [0.5, 0.6) is 0 Å². The molecule has 2 amide bonds. The van der Waals surface area contributed by atoms with Crippen LogP contribution < -0.4 is 16.4 Å². The summed E-state index contributed by atoms with van der Waals surface area (Å²) in [4.78, 5) is 25.8. The molecular formula is C18H27ClN4O2. The topological polar surface area (TPSA) is 87.5 Å². The zero-order valence-corrected chi connectivity index (χ0v) is 15.2. The molecule has 4 N–H and O–H groups in total. The first-order chi connectivity index (χ1) is 11.6. The second kappa shape index (κ2) is 9.17. The largest absolute Gasteiger partial charge is 0.369 e. The maximum atomic E-state index is 12.2. The van der Waals surface area contributed by atoms with E-state index in [1.165, 1.54) is 5.56 Å². The SMILES string of the molecule is Cl.NC(=O)C1CCN(Cc2cccc(NC(=O)C3CCCN3)c2)CC1. The van der Waals surface area contributed by atoms with E-state index in [1.54, 1.807) is 0 Å². The number of likely N-dealkylation sites (tertiary alicyclic amines) is 1. The molecule has 2 aliphatic rings. The number of primary amides is 1. The summed E-state index contributed by atoms with van der Waals surface area (Å²) >= 11 is 0. The highest BCUT2D eigenvalue weighted by Crippen LogP contribution is 2.20. The van der Waals surface area contributed by atoms with E-state index in [0.717, 1.165) is 57.5 Å². The van der Waals surface area contributed by atoms with Crippen LogP contribution in [0.15, 0.2) is 24.3 Å². The Morgan fingerprint density at radius 1 is 1.24 bits per heavy atom. The van der Waals surface area contributed by atoms with Crippen LogP contribution in [0.4, 0.5) is 5.69 Å². The second-order valence-corrected chi connectivity index (χ2v) is 6.79. The fraction of sp³-hybridized carbons (Fsp3) is 0.556.